The summed E-state index contributed by atoms with van der Waals surface area (Å²) in [4.78, 5) is 11.6. The molecule has 2 aromatic heterocycles. The van der Waals surface area contributed by atoms with Crippen molar-refractivity contribution in [1.29, 1.82) is 0 Å². The van der Waals surface area contributed by atoms with Crippen molar-refractivity contribution in [3.8, 4) is 0 Å². The van der Waals surface area contributed by atoms with Crippen molar-refractivity contribution < 1.29 is 4.42 Å². The summed E-state index contributed by atoms with van der Waals surface area (Å²) in [6.45, 7) is 2.47. The van der Waals surface area contributed by atoms with Gasteiger partial charge in [0.15, 0.2) is 10.9 Å². The number of hydrogen-bond acceptors (Lipinski definition) is 4. The van der Waals surface area contributed by atoms with Gasteiger partial charge in [0, 0.05) is 29.4 Å². The maximum Gasteiger partial charge on any atom is 0.336 e. The van der Waals surface area contributed by atoms with Crippen molar-refractivity contribution >= 4 is 51.4 Å². The first kappa shape index (κ1) is 19.2. The molecule has 4 aromatic rings. The molecule has 29 heavy (non-hydrogen) atoms. The molecule has 0 aliphatic heterocycles. The van der Waals surface area contributed by atoms with Crippen LogP contribution in [0.5, 0.6) is 0 Å². The number of benzene rings is 2. The van der Waals surface area contributed by atoms with Crippen LogP contribution < -0.4 is 16.3 Å². The van der Waals surface area contributed by atoms with E-state index < -0.39 is 0 Å². The number of halogens is 1. The molecule has 0 amide bonds. The van der Waals surface area contributed by atoms with Crippen molar-refractivity contribution in [3.63, 3.8) is 0 Å². The molecule has 0 saturated carbocycles. The average molecular weight is 425 g/mol. The van der Waals surface area contributed by atoms with Crippen LogP contribution in [-0.2, 0) is 6.54 Å². The van der Waals surface area contributed by atoms with Gasteiger partial charge in [-0.05, 0) is 42.4 Å². The van der Waals surface area contributed by atoms with Crippen LogP contribution in [0.15, 0.2) is 70.0 Å². The van der Waals surface area contributed by atoms with E-state index in [1.54, 1.807) is 16.9 Å². The lowest BCUT2D eigenvalue weighted by Gasteiger charge is -2.10. The number of thiocarbonyl (C=S) groups is 1. The van der Waals surface area contributed by atoms with Gasteiger partial charge < -0.3 is 15.1 Å². The maximum absolute atomic E-state index is 11.6. The van der Waals surface area contributed by atoms with E-state index in [9.17, 15) is 4.79 Å². The van der Waals surface area contributed by atoms with E-state index in [1.807, 2.05) is 49.4 Å². The van der Waals surface area contributed by atoms with E-state index in [-0.39, 0.29) is 5.63 Å². The van der Waals surface area contributed by atoms with Crippen molar-refractivity contribution in [2.24, 2.45) is 0 Å². The Hall–Kier alpha value is -3.16. The predicted octanol–water partition coefficient (Wildman–Crippen LogP) is 4.81. The fourth-order valence-electron chi connectivity index (χ4n) is 3.01. The molecule has 8 heteroatoms. The summed E-state index contributed by atoms with van der Waals surface area (Å²) in [5, 5.41) is 12.2. The van der Waals surface area contributed by atoms with Gasteiger partial charge in [0.05, 0.1) is 6.54 Å². The lowest BCUT2D eigenvalue weighted by Crippen LogP contribution is -2.19. The van der Waals surface area contributed by atoms with E-state index in [0.717, 1.165) is 16.5 Å². The van der Waals surface area contributed by atoms with Gasteiger partial charge in [0.25, 0.3) is 0 Å². The third-order valence-electron chi connectivity index (χ3n) is 4.35. The second-order valence-corrected chi connectivity index (χ2v) is 7.36. The molecular weight excluding hydrogens is 408 g/mol. The van der Waals surface area contributed by atoms with Gasteiger partial charge in [-0.1, -0.05) is 41.9 Å². The third-order valence-corrected chi connectivity index (χ3v) is 4.83. The minimum absolute atomic E-state index is 0.325. The number of aryl methyl sites for hydroxylation is 1. The molecule has 0 saturated heterocycles. The highest BCUT2D eigenvalue weighted by Crippen LogP contribution is 2.23. The lowest BCUT2D eigenvalue weighted by molar-refractivity contribution is 0.560. The lowest BCUT2D eigenvalue weighted by atomic mass is 10.1. The average Bonchev–Trinajstić information content (AvgIpc) is 3.00. The Kier molecular flexibility index (Phi) is 5.33. The van der Waals surface area contributed by atoms with Crippen molar-refractivity contribution in [3.05, 3.63) is 87.4 Å². The highest BCUT2D eigenvalue weighted by molar-refractivity contribution is 7.80. The largest absolute Gasteiger partial charge is 0.423 e. The molecule has 4 rings (SSSR count). The van der Waals surface area contributed by atoms with Gasteiger partial charge in [0.1, 0.15) is 10.6 Å². The van der Waals surface area contributed by atoms with Crippen LogP contribution in [-0.4, -0.2) is 14.9 Å². The number of hydrogen-bond donors (Lipinski definition) is 2. The molecule has 2 heterocycles. The van der Waals surface area contributed by atoms with Crippen LogP contribution in [0.4, 0.5) is 11.5 Å². The topological polar surface area (TPSA) is 72.1 Å². The van der Waals surface area contributed by atoms with Crippen LogP contribution in [0.3, 0.4) is 0 Å². The molecule has 0 fully saturated rings. The molecule has 146 valence electrons. The Morgan fingerprint density at radius 3 is 2.76 bits per heavy atom. The van der Waals surface area contributed by atoms with Gasteiger partial charge in [-0.2, -0.15) is 5.10 Å². The molecule has 2 N–H and O–H groups in total. The molecule has 0 atom stereocenters. The van der Waals surface area contributed by atoms with Gasteiger partial charge >= 0.3 is 5.63 Å². The number of anilines is 2. The summed E-state index contributed by atoms with van der Waals surface area (Å²) in [6.07, 6.45) is 1.74. The molecular formula is C21H17ClN4O2S. The zero-order valence-electron chi connectivity index (χ0n) is 15.5. The molecule has 0 aliphatic carbocycles. The maximum atomic E-state index is 11.6. The first-order chi connectivity index (χ1) is 14.0. The van der Waals surface area contributed by atoms with Crippen LogP contribution >= 0.6 is 23.8 Å². The summed E-state index contributed by atoms with van der Waals surface area (Å²) in [5.41, 5.74) is 2.77. The Bertz CT molecular complexity index is 1250. The van der Waals surface area contributed by atoms with E-state index in [4.69, 9.17) is 28.2 Å². The van der Waals surface area contributed by atoms with Crippen molar-refractivity contribution in [2.45, 2.75) is 13.5 Å². The molecule has 2 aromatic carbocycles. The Labute approximate surface area is 177 Å². The molecule has 0 unspecified atom stereocenters. The number of fused-ring (bicyclic) bond motifs is 1. The fraction of sp³-hybridized carbons (Fsp3) is 0.0952. The molecule has 0 bridgehead atoms. The quantitative estimate of drug-likeness (QED) is 0.362. The van der Waals surface area contributed by atoms with E-state index >= 15 is 0 Å². The summed E-state index contributed by atoms with van der Waals surface area (Å²) < 4.78 is 7.01. The summed E-state index contributed by atoms with van der Waals surface area (Å²) in [5.74, 6) is 0.461. The number of rotatable bonds is 4. The molecule has 0 radical (unpaired) electrons. The van der Waals surface area contributed by atoms with Gasteiger partial charge in [0.2, 0.25) is 0 Å². The summed E-state index contributed by atoms with van der Waals surface area (Å²) in [6, 6.07) is 16.9. The molecule has 6 nitrogen and oxygen atoms in total. The first-order valence-electron chi connectivity index (χ1n) is 8.87. The van der Waals surface area contributed by atoms with E-state index in [2.05, 4.69) is 15.7 Å². The van der Waals surface area contributed by atoms with E-state index in [1.165, 1.54) is 6.07 Å². The SMILES string of the molecule is Cc1cc(=O)oc2cc(NC(=S)Nc3nn(Cc4ccccc4)cc3Cl)ccc12. The molecule has 0 spiro atoms. The monoisotopic (exact) mass is 424 g/mol. The number of nitrogens with one attached hydrogen (secondary N) is 2. The van der Waals surface area contributed by atoms with E-state index in [0.29, 0.717) is 33.8 Å². The Morgan fingerprint density at radius 1 is 1.17 bits per heavy atom. The van der Waals surface area contributed by atoms with Crippen molar-refractivity contribution in [1.82, 2.24) is 9.78 Å². The molecule has 0 aliphatic rings. The van der Waals surface area contributed by atoms with Crippen molar-refractivity contribution in [2.75, 3.05) is 10.6 Å². The minimum atomic E-state index is -0.386. The van der Waals surface area contributed by atoms with Crippen LogP contribution in [0.2, 0.25) is 5.02 Å². The van der Waals surface area contributed by atoms with Gasteiger partial charge in [-0.25, -0.2) is 4.79 Å². The van der Waals surface area contributed by atoms with Crippen LogP contribution in [0.1, 0.15) is 11.1 Å². The summed E-state index contributed by atoms with van der Waals surface area (Å²) in [7, 11) is 0. The highest BCUT2D eigenvalue weighted by Gasteiger charge is 2.10. The smallest absolute Gasteiger partial charge is 0.336 e. The third kappa shape index (κ3) is 4.47. The Morgan fingerprint density at radius 2 is 1.97 bits per heavy atom. The minimum Gasteiger partial charge on any atom is -0.423 e. The normalized spacial score (nSPS) is 10.8. The van der Waals surface area contributed by atoms with Crippen LogP contribution in [0.25, 0.3) is 11.0 Å². The zero-order valence-corrected chi connectivity index (χ0v) is 17.1. The fourth-order valence-corrected chi connectivity index (χ4v) is 3.42. The highest BCUT2D eigenvalue weighted by atomic mass is 35.5. The zero-order chi connectivity index (χ0) is 20.4. The van der Waals surface area contributed by atoms with Crippen LogP contribution in [0, 0.1) is 6.92 Å². The second-order valence-electron chi connectivity index (χ2n) is 6.55. The number of aromatic nitrogens is 2. The first-order valence-corrected chi connectivity index (χ1v) is 9.66. The number of nitrogens with zero attached hydrogens (tertiary/aromatic N) is 2. The summed E-state index contributed by atoms with van der Waals surface area (Å²) >= 11 is 11.7. The second kappa shape index (κ2) is 8.06. The Balaban J connectivity index is 1.47. The van der Waals surface area contributed by atoms with Gasteiger partial charge in [-0.15, -0.1) is 0 Å². The standard InChI is InChI=1S/C21H17ClN4O2S/c1-13-9-19(27)28-18-10-15(7-8-16(13)18)23-21(29)24-20-17(22)12-26(25-20)11-14-5-3-2-4-6-14/h2-10,12H,11H2,1H3,(H2,23,24,25,29). The predicted molar refractivity (Wildman–Crippen MR) is 120 cm³/mol. The van der Waals surface area contributed by atoms with Gasteiger partial charge in [-0.3, -0.25) is 4.68 Å².